The summed E-state index contributed by atoms with van der Waals surface area (Å²) < 4.78 is 0.701. The summed E-state index contributed by atoms with van der Waals surface area (Å²) in [6.07, 6.45) is 0. The Labute approximate surface area is 125 Å². The van der Waals surface area contributed by atoms with E-state index in [9.17, 15) is 9.90 Å². The van der Waals surface area contributed by atoms with Crippen LogP contribution in [0.25, 0.3) is 0 Å². The number of halogens is 1. The lowest BCUT2D eigenvalue weighted by molar-refractivity contribution is 0.0990. The number of amides is 1. The fraction of sp³-hybridized carbons (Fsp3) is 0.0667. The number of aromatic hydroxyl groups is 1. The van der Waals surface area contributed by atoms with E-state index in [4.69, 9.17) is 5.26 Å². The highest BCUT2D eigenvalue weighted by molar-refractivity contribution is 9.10. The first-order valence-electron chi connectivity index (χ1n) is 5.79. The minimum Gasteiger partial charge on any atom is -0.507 e. The molecular formula is C15H11BrN2O2. The molecule has 2 aromatic rings. The summed E-state index contributed by atoms with van der Waals surface area (Å²) in [5, 5.41) is 18.6. The molecular weight excluding hydrogens is 320 g/mol. The van der Waals surface area contributed by atoms with Gasteiger partial charge in [0.05, 0.1) is 17.2 Å². The van der Waals surface area contributed by atoms with Crippen LogP contribution >= 0.6 is 15.9 Å². The smallest absolute Gasteiger partial charge is 0.261 e. The molecule has 1 amide bonds. The highest BCUT2D eigenvalue weighted by atomic mass is 79.9. The number of phenols is 1. The molecule has 5 heteroatoms. The number of carbonyl (C=O) groups is 1. The second kappa shape index (κ2) is 5.76. The Morgan fingerprint density at radius 1 is 1.25 bits per heavy atom. The minimum absolute atomic E-state index is 0.0788. The summed E-state index contributed by atoms with van der Waals surface area (Å²) in [6, 6.07) is 13.4. The van der Waals surface area contributed by atoms with Crippen LogP contribution in [-0.4, -0.2) is 18.1 Å². The van der Waals surface area contributed by atoms with Crippen LogP contribution in [0.2, 0.25) is 0 Å². The van der Waals surface area contributed by atoms with Gasteiger partial charge in [0.1, 0.15) is 5.75 Å². The number of carbonyl (C=O) groups excluding carboxylic acids is 1. The summed E-state index contributed by atoms with van der Waals surface area (Å²) in [4.78, 5) is 13.7. The fourth-order valence-corrected chi connectivity index (χ4v) is 2.09. The van der Waals surface area contributed by atoms with Crippen LogP contribution in [0.1, 0.15) is 15.9 Å². The summed E-state index contributed by atoms with van der Waals surface area (Å²) in [5.41, 5.74) is 1.40. The molecule has 2 aromatic carbocycles. The summed E-state index contributed by atoms with van der Waals surface area (Å²) in [6.45, 7) is 0. The van der Waals surface area contributed by atoms with Crippen LogP contribution in [0.15, 0.2) is 46.9 Å². The molecule has 0 unspecified atom stereocenters. The molecule has 0 fully saturated rings. The molecule has 0 bridgehead atoms. The van der Waals surface area contributed by atoms with Gasteiger partial charge in [0.25, 0.3) is 5.91 Å². The normalized spacial score (nSPS) is 9.85. The van der Waals surface area contributed by atoms with Crippen molar-refractivity contribution in [3.63, 3.8) is 0 Å². The Kier molecular flexibility index (Phi) is 4.06. The molecule has 1 N–H and O–H groups in total. The maximum atomic E-state index is 12.3. The Balaban J connectivity index is 2.30. The van der Waals surface area contributed by atoms with Gasteiger partial charge in [-0.2, -0.15) is 5.26 Å². The standard InChI is InChI=1S/C15H11BrN2O2/c1-18(12-5-2-10(9-17)3-6-12)15(20)13-7-4-11(16)8-14(13)19/h2-8,19H,1H3. The number of benzene rings is 2. The maximum absolute atomic E-state index is 12.3. The van der Waals surface area contributed by atoms with E-state index in [-0.39, 0.29) is 17.2 Å². The fourth-order valence-electron chi connectivity index (χ4n) is 1.74. The number of hydrogen-bond acceptors (Lipinski definition) is 3. The number of hydrogen-bond donors (Lipinski definition) is 1. The predicted octanol–water partition coefficient (Wildman–Crippen LogP) is 3.30. The molecule has 2 rings (SSSR count). The summed E-state index contributed by atoms with van der Waals surface area (Å²) in [5.74, 6) is -0.399. The predicted molar refractivity (Wildman–Crippen MR) is 79.7 cm³/mol. The molecule has 100 valence electrons. The van der Waals surface area contributed by atoms with Crippen molar-refractivity contribution in [2.45, 2.75) is 0 Å². The lowest BCUT2D eigenvalue weighted by Gasteiger charge is -2.18. The average molecular weight is 331 g/mol. The van der Waals surface area contributed by atoms with Gasteiger partial charge in [0, 0.05) is 17.2 Å². The molecule has 4 nitrogen and oxygen atoms in total. The number of nitriles is 1. The second-order valence-corrected chi connectivity index (χ2v) is 5.10. The highest BCUT2D eigenvalue weighted by Crippen LogP contribution is 2.25. The van der Waals surface area contributed by atoms with Gasteiger partial charge in [-0.05, 0) is 42.5 Å². The van der Waals surface area contributed by atoms with Gasteiger partial charge in [-0.25, -0.2) is 0 Å². The molecule has 0 spiro atoms. The van der Waals surface area contributed by atoms with Gasteiger partial charge in [-0.3, -0.25) is 4.79 Å². The van der Waals surface area contributed by atoms with E-state index in [2.05, 4.69) is 15.9 Å². The van der Waals surface area contributed by atoms with Crippen LogP contribution in [0.5, 0.6) is 5.75 Å². The number of phenolic OH excluding ortho intramolecular Hbond substituents is 1. The van der Waals surface area contributed by atoms with Gasteiger partial charge in [-0.1, -0.05) is 15.9 Å². The maximum Gasteiger partial charge on any atom is 0.261 e. The Bertz CT molecular complexity index is 690. The van der Waals surface area contributed by atoms with Gasteiger partial charge in [-0.15, -0.1) is 0 Å². The van der Waals surface area contributed by atoms with Crippen LogP contribution in [-0.2, 0) is 0 Å². The summed E-state index contributed by atoms with van der Waals surface area (Å²) >= 11 is 3.23. The molecule has 0 radical (unpaired) electrons. The van der Waals surface area contributed by atoms with E-state index in [1.165, 1.54) is 11.0 Å². The number of anilines is 1. The number of rotatable bonds is 2. The van der Waals surface area contributed by atoms with Crippen molar-refractivity contribution in [1.82, 2.24) is 0 Å². The first-order valence-corrected chi connectivity index (χ1v) is 6.59. The van der Waals surface area contributed by atoms with E-state index in [1.54, 1.807) is 43.4 Å². The van der Waals surface area contributed by atoms with Crippen LogP contribution in [0, 0.1) is 11.3 Å². The van der Waals surface area contributed by atoms with Gasteiger partial charge < -0.3 is 10.0 Å². The minimum atomic E-state index is -0.320. The highest BCUT2D eigenvalue weighted by Gasteiger charge is 2.17. The van der Waals surface area contributed by atoms with Crippen molar-refractivity contribution < 1.29 is 9.90 Å². The second-order valence-electron chi connectivity index (χ2n) is 4.18. The molecule has 0 aromatic heterocycles. The van der Waals surface area contributed by atoms with E-state index in [0.717, 1.165) is 0 Å². The van der Waals surface area contributed by atoms with Crippen molar-refractivity contribution >= 4 is 27.5 Å². The van der Waals surface area contributed by atoms with Crippen LogP contribution in [0.4, 0.5) is 5.69 Å². The molecule has 0 saturated carbocycles. The molecule has 0 aliphatic carbocycles. The zero-order valence-corrected chi connectivity index (χ0v) is 12.3. The van der Waals surface area contributed by atoms with Gasteiger partial charge in [0.2, 0.25) is 0 Å². The van der Waals surface area contributed by atoms with E-state index in [0.29, 0.717) is 15.7 Å². The van der Waals surface area contributed by atoms with Crippen LogP contribution in [0.3, 0.4) is 0 Å². The molecule has 0 aliphatic rings. The molecule has 0 aliphatic heterocycles. The SMILES string of the molecule is CN(C(=O)c1ccc(Br)cc1O)c1ccc(C#N)cc1. The lowest BCUT2D eigenvalue weighted by atomic mass is 10.1. The van der Waals surface area contributed by atoms with Crippen molar-refractivity contribution in [3.8, 4) is 11.8 Å². The van der Waals surface area contributed by atoms with E-state index < -0.39 is 0 Å². The van der Waals surface area contributed by atoms with Gasteiger partial charge >= 0.3 is 0 Å². The quantitative estimate of drug-likeness (QED) is 0.918. The van der Waals surface area contributed by atoms with Crippen LogP contribution < -0.4 is 4.90 Å². The zero-order valence-electron chi connectivity index (χ0n) is 10.7. The number of nitrogens with zero attached hydrogens (tertiary/aromatic N) is 2. The average Bonchev–Trinajstić information content (AvgIpc) is 2.46. The Hall–Kier alpha value is -2.32. The van der Waals surface area contributed by atoms with Gasteiger partial charge in [0.15, 0.2) is 0 Å². The van der Waals surface area contributed by atoms with Crippen molar-refractivity contribution in [3.05, 3.63) is 58.1 Å². The molecule has 20 heavy (non-hydrogen) atoms. The largest absolute Gasteiger partial charge is 0.507 e. The van der Waals surface area contributed by atoms with E-state index in [1.807, 2.05) is 6.07 Å². The first kappa shape index (κ1) is 14.1. The molecule has 0 saturated heterocycles. The monoisotopic (exact) mass is 330 g/mol. The molecule has 0 heterocycles. The van der Waals surface area contributed by atoms with E-state index >= 15 is 0 Å². The topological polar surface area (TPSA) is 64.3 Å². The molecule has 0 atom stereocenters. The zero-order chi connectivity index (χ0) is 14.7. The lowest BCUT2D eigenvalue weighted by Crippen LogP contribution is -2.26. The third-order valence-corrected chi connectivity index (χ3v) is 3.37. The summed E-state index contributed by atoms with van der Waals surface area (Å²) in [7, 11) is 1.62. The third kappa shape index (κ3) is 2.81. The van der Waals surface area contributed by atoms with Crippen molar-refractivity contribution in [2.24, 2.45) is 0 Å². The Morgan fingerprint density at radius 2 is 1.90 bits per heavy atom. The Morgan fingerprint density at radius 3 is 2.45 bits per heavy atom. The first-order chi connectivity index (χ1) is 9.52. The third-order valence-electron chi connectivity index (χ3n) is 2.88. The van der Waals surface area contributed by atoms with Crippen molar-refractivity contribution in [1.29, 1.82) is 5.26 Å². The van der Waals surface area contributed by atoms with Crippen molar-refractivity contribution in [2.75, 3.05) is 11.9 Å².